The van der Waals surface area contributed by atoms with E-state index in [4.69, 9.17) is 4.42 Å². The van der Waals surface area contributed by atoms with Crippen molar-refractivity contribution in [2.45, 2.75) is 26.4 Å². The largest absolute Gasteiger partial charge is 0.468 e. The number of nitrogens with one attached hydrogen (secondary N) is 1. The average molecular weight is 268 g/mol. The van der Waals surface area contributed by atoms with Crippen LogP contribution in [0.5, 0.6) is 0 Å². The van der Waals surface area contributed by atoms with Crippen LogP contribution in [0, 0.1) is 0 Å². The normalized spacial score (nSPS) is 10.8. The molecule has 0 aromatic carbocycles. The molecule has 1 aromatic heterocycles. The molecule has 0 spiro atoms. The van der Waals surface area contributed by atoms with Crippen LogP contribution in [0.2, 0.25) is 0 Å². The minimum Gasteiger partial charge on any atom is -0.468 e. The van der Waals surface area contributed by atoms with Crippen LogP contribution in [-0.2, 0) is 20.9 Å². The number of carbonyl (C=O) groups excluding carboxylic acids is 2. The number of nitrogens with zero attached hydrogens (tertiary/aromatic N) is 1. The maximum atomic E-state index is 11.8. The van der Waals surface area contributed by atoms with E-state index in [-0.39, 0.29) is 31.0 Å². The number of hydrogen-bond donors (Lipinski definition) is 1. The van der Waals surface area contributed by atoms with Crippen molar-refractivity contribution in [1.82, 2.24) is 10.2 Å². The van der Waals surface area contributed by atoms with Crippen LogP contribution >= 0.6 is 0 Å². The summed E-state index contributed by atoms with van der Waals surface area (Å²) in [4.78, 5) is 24.8. The molecule has 1 rings (SSSR count). The summed E-state index contributed by atoms with van der Waals surface area (Å²) in [5.74, 6) is 0.180. The molecule has 6 nitrogen and oxygen atoms in total. The van der Waals surface area contributed by atoms with Crippen LogP contribution < -0.4 is 5.32 Å². The lowest BCUT2D eigenvalue weighted by molar-refractivity contribution is -0.142. The summed E-state index contributed by atoms with van der Waals surface area (Å²) in [5, 5.41) is 2.74. The second-order valence-corrected chi connectivity index (χ2v) is 4.43. The Balaban J connectivity index is 2.40. The van der Waals surface area contributed by atoms with E-state index >= 15 is 0 Å². The van der Waals surface area contributed by atoms with Crippen LogP contribution in [0.3, 0.4) is 0 Å². The van der Waals surface area contributed by atoms with Crippen LogP contribution in [0.25, 0.3) is 0 Å². The van der Waals surface area contributed by atoms with E-state index in [1.54, 1.807) is 23.3 Å². The summed E-state index contributed by atoms with van der Waals surface area (Å²) in [6, 6.07) is 3.63. The SMILES string of the molecule is COC(=O)CN(CC(=O)NCc1ccco1)C(C)C. The predicted octanol–water partition coefficient (Wildman–Crippen LogP) is 0.779. The minimum atomic E-state index is -0.354. The van der Waals surface area contributed by atoms with Crippen LogP contribution in [0.1, 0.15) is 19.6 Å². The molecule has 1 amide bonds. The van der Waals surface area contributed by atoms with Crippen LogP contribution in [-0.4, -0.2) is 43.0 Å². The second-order valence-electron chi connectivity index (χ2n) is 4.43. The number of amides is 1. The third-order valence-corrected chi connectivity index (χ3v) is 2.68. The molecule has 106 valence electrons. The number of esters is 1. The Labute approximate surface area is 112 Å². The highest BCUT2D eigenvalue weighted by molar-refractivity contribution is 5.79. The van der Waals surface area contributed by atoms with Gasteiger partial charge in [-0.1, -0.05) is 0 Å². The lowest BCUT2D eigenvalue weighted by atomic mass is 10.3. The lowest BCUT2D eigenvalue weighted by Gasteiger charge is -2.24. The summed E-state index contributed by atoms with van der Waals surface area (Å²) >= 11 is 0. The van der Waals surface area contributed by atoms with E-state index in [0.717, 1.165) is 0 Å². The molecule has 0 saturated carbocycles. The van der Waals surface area contributed by atoms with Gasteiger partial charge in [0.2, 0.25) is 5.91 Å². The molecule has 0 aliphatic carbocycles. The first-order valence-corrected chi connectivity index (χ1v) is 6.13. The molecule has 19 heavy (non-hydrogen) atoms. The Kier molecular flexibility index (Phi) is 6.08. The minimum absolute atomic E-state index is 0.0773. The molecule has 0 radical (unpaired) electrons. The molecule has 1 N–H and O–H groups in total. The van der Waals surface area contributed by atoms with Crippen molar-refractivity contribution in [3.8, 4) is 0 Å². The monoisotopic (exact) mass is 268 g/mol. The zero-order valence-corrected chi connectivity index (χ0v) is 11.5. The third kappa shape index (κ3) is 5.56. The Morgan fingerprint density at radius 3 is 2.68 bits per heavy atom. The summed E-state index contributed by atoms with van der Waals surface area (Å²) < 4.78 is 9.72. The molecule has 0 unspecified atom stereocenters. The maximum Gasteiger partial charge on any atom is 0.319 e. The zero-order chi connectivity index (χ0) is 14.3. The molecule has 6 heteroatoms. The molecular formula is C13H20N2O4. The number of carbonyl (C=O) groups is 2. The fraction of sp³-hybridized carbons (Fsp3) is 0.538. The number of furan rings is 1. The first kappa shape index (κ1) is 15.2. The van der Waals surface area contributed by atoms with Crippen LogP contribution in [0.15, 0.2) is 22.8 Å². The van der Waals surface area contributed by atoms with Gasteiger partial charge in [-0.25, -0.2) is 0 Å². The topological polar surface area (TPSA) is 71.8 Å². The summed E-state index contributed by atoms with van der Waals surface area (Å²) in [5.41, 5.74) is 0. The standard InChI is InChI=1S/C13H20N2O4/c1-10(2)15(9-13(17)18-3)8-12(16)14-7-11-5-4-6-19-11/h4-6,10H,7-9H2,1-3H3,(H,14,16). The summed E-state index contributed by atoms with van der Waals surface area (Å²) in [6.07, 6.45) is 1.55. The van der Waals surface area contributed by atoms with E-state index in [1.165, 1.54) is 7.11 Å². The van der Waals surface area contributed by atoms with Crippen molar-refractivity contribution in [3.05, 3.63) is 24.2 Å². The molecule has 0 atom stereocenters. The fourth-order valence-electron chi connectivity index (χ4n) is 1.49. The maximum absolute atomic E-state index is 11.8. The molecule has 0 aliphatic heterocycles. The van der Waals surface area contributed by atoms with Crippen molar-refractivity contribution in [1.29, 1.82) is 0 Å². The third-order valence-electron chi connectivity index (χ3n) is 2.68. The van der Waals surface area contributed by atoms with Gasteiger partial charge in [-0.2, -0.15) is 0 Å². The Morgan fingerprint density at radius 1 is 1.42 bits per heavy atom. The number of rotatable bonds is 7. The van der Waals surface area contributed by atoms with Crippen molar-refractivity contribution < 1.29 is 18.7 Å². The van der Waals surface area contributed by atoms with Crippen molar-refractivity contribution in [3.63, 3.8) is 0 Å². The van der Waals surface area contributed by atoms with E-state index < -0.39 is 0 Å². The van der Waals surface area contributed by atoms with Gasteiger partial charge in [0.05, 0.1) is 33.0 Å². The quantitative estimate of drug-likeness (QED) is 0.740. The van der Waals surface area contributed by atoms with Gasteiger partial charge < -0.3 is 14.5 Å². The van der Waals surface area contributed by atoms with Gasteiger partial charge in [-0.15, -0.1) is 0 Å². The molecule has 0 saturated heterocycles. The van der Waals surface area contributed by atoms with Gasteiger partial charge >= 0.3 is 5.97 Å². The average Bonchev–Trinajstić information content (AvgIpc) is 2.88. The number of hydrogen-bond acceptors (Lipinski definition) is 5. The molecule has 1 heterocycles. The smallest absolute Gasteiger partial charge is 0.319 e. The predicted molar refractivity (Wildman–Crippen MR) is 69.3 cm³/mol. The van der Waals surface area contributed by atoms with E-state index in [9.17, 15) is 9.59 Å². The highest BCUT2D eigenvalue weighted by atomic mass is 16.5. The van der Waals surface area contributed by atoms with Gasteiger partial charge in [0.1, 0.15) is 5.76 Å². The zero-order valence-electron chi connectivity index (χ0n) is 11.5. The highest BCUT2D eigenvalue weighted by Crippen LogP contribution is 2.00. The van der Waals surface area contributed by atoms with Gasteiger partial charge in [0.25, 0.3) is 0 Å². The first-order valence-electron chi connectivity index (χ1n) is 6.13. The Hall–Kier alpha value is -1.82. The van der Waals surface area contributed by atoms with Crippen molar-refractivity contribution in [2.24, 2.45) is 0 Å². The highest BCUT2D eigenvalue weighted by Gasteiger charge is 2.17. The van der Waals surface area contributed by atoms with Crippen molar-refractivity contribution in [2.75, 3.05) is 20.2 Å². The Bertz CT molecular complexity index is 401. The van der Waals surface area contributed by atoms with Gasteiger partial charge in [-0.05, 0) is 26.0 Å². The summed E-state index contributed by atoms with van der Waals surface area (Å²) in [6.45, 7) is 4.43. The molecular weight excluding hydrogens is 248 g/mol. The summed E-state index contributed by atoms with van der Waals surface area (Å²) in [7, 11) is 1.33. The number of ether oxygens (including phenoxy) is 1. The molecule has 0 fully saturated rings. The van der Waals surface area contributed by atoms with Gasteiger partial charge in [-0.3, -0.25) is 14.5 Å². The van der Waals surface area contributed by atoms with E-state index in [1.807, 2.05) is 13.8 Å². The van der Waals surface area contributed by atoms with E-state index in [2.05, 4.69) is 10.1 Å². The van der Waals surface area contributed by atoms with Gasteiger partial charge in [0.15, 0.2) is 0 Å². The van der Waals surface area contributed by atoms with E-state index in [0.29, 0.717) is 12.3 Å². The second kappa shape index (κ2) is 7.58. The molecule has 0 bridgehead atoms. The fourth-order valence-corrected chi connectivity index (χ4v) is 1.49. The van der Waals surface area contributed by atoms with Crippen LogP contribution in [0.4, 0.5) is 0 Å². The molecule has 1 aromatic rings. The molecule has 0 aliphatic rings. The first-order chi connectivity index (χ1) is 9.02. The Morgan fingerprint density at radius 2 is 2.16 bits per heavy atom. The lowest BCUT2D eigenvalue weighted by Crippen LogP contribution is -2.43. The van der Waals surface area contributed by atoms with Crippen molar-refractivity contribution >= 4 is 11.9 Å². The number of methoxy groups -OCH3 is 1. The van der Waals surface area contributed by atoms with Gasteiger partial charge in [0, 0.05) is 6.04 Å².